The van der Waals surface area contributed by atoms with Crippen LogP contribution in [0, 0.1) is 0 Å². The zero-order valence-corrected chi connectivity index (χ0v) is 15.2. The van der Waals surface area contributed by atoms with Gasteiger partial charge in [0.05, 0.1) is 12.8 Å². The van der Waals surface area contributed by atoms with Crippen molar-refractivity contribution >= 4 is 29.1 Å². The molecule has 0 saturated carbocycles. The highest BCUT2D eigenvalue weighted by Crippen LogP contribution is 2.29. The number of rotatable bonds is 6. The zero-order chi connectivity index (χ0) is 17.8. The molecule has 3 aromatic rings. The molecular weight excluding hydrogens is 360 g/mol. The Morgan fingerprint density at radius 2 is 2.00 bits per heavy atom. The number of hydrogen-bond donors (Lipinski definition) is 0. The molecule has 0 saturated heterocycles. The van der Waals surface area contributed by atoms with Crippen molar-refractivity contribution in [2.24, 2.45) is 0 Å². The third-order valence-corrected chi connectivity index (χ3v) is 4.78. The molecule has 8 heteroatoms. The summed E-state index contributed by atoms with van der Waals surface area (Å²) in [7, 11) is 1.61. The van der Waals surface area contributed by atoms with Gasteiger partial charge in [-0.25, -0.2) is 0 Å². The minimum absolute atomic E-state index is 0.0138. The number of hydrogen-bond acceptors (Lipinski definition) is 6. The van der Waals surface area contributed by atoms with Crippen LogP contribution < -0.4 is 4.74 Å². The molecule has 0 amide bonds. The molecule has 3 rings (SSSR count). The van der Waals surface area contributed by atoms with Crippen LogP contribution in [0.25, 0.3) is 5.69 Å². The molecule has 0 radical (unpaired) electrons. The summed E-state index contributed by atoms with van der Waals surface area (Å²) >= 11 is 7.38. The van der Waals surface area contributed by atoms with Crippen LogP contribution in [0.2, 0.25) is 5.02 Å². The van der Waals surface area contributed by atoms with E-state index in [9.17, 15) is 4.79 Å². The summed E-state index contributed by atoms with van der Waals surface area (Å²) in [4.78, 5) is 11.6. The van der Waals surface area contributed by atoms with Gasteiger partial charge in [0.1, 0.15) is 5.75 Å². The minimum atomic E-state index is 0.0138. The number of thioether (sulfide) groups is 1. The van der Waals surface area contributed by atoms with E-state index in [0.29, 0.717) is 21.5 Å². The second-order valence-corrected chi connectivity index (χ2v) is 6.60. The lowest BCUT2D eigenvalue weighted by Gasteiger charge is -2.10. The number of carbonyl (C=O) groups is 1. The minimum Gasteiger partial charge on any atom is -0.496 e. The molecule has 0 spiro atoms. The van der Waals surface area contributed by atoms with Crippen LogP contribution in [0.3, 0.4) is 0 Å². The highest BCUT2D eigenvalue weighted by molar-refractivity contribution is 7.98. The van der Waals surface area contributed by atoms with E-state index in [1.54, 1.807) is 43.0 Å². The summed E-state index contributed by atoms with van der Waals surface area (Å²) in [6, 6.07) is 12.7. The van der Waals surface area contributed by atoms with Gasteiger partial charge in [0.25, 0.3) is 0 Å². The molecular formula is C17H15ClN4O2S. The standard InChI is InChI=1S/C17H15ClN4O2S/c1-11(23)12-3-8-16(24-2)13(9-12)10-25-17-19-20-21-22(17)15-6-4-14(18)5-7-15/h3-9H,10H2,1-2H3. The van der Waals surface area contributed by atoms with E-state index >= 15 is 0 Å². The normalized spacial score (nSPS) is 10.7. The summed E-state index contributed by atoms with van der Waals surface area (Å²) in [6.07, 6.45) is 0. The second-order valence-electron chi connectivity index (χ2n) is 5.22. The number of benzene rings is 2. The van der Waals surface area contributed by atoms with Gasteiger partial charge >= 0.3 is 0 Å². The zero-order valence-electron chi connectivity index (χ0n) is 13.6. The predicted molar refractivity (Wildman–Crippen MR) is 96.7 cm³/mol. The number of ketones is 1. The van der Waals surface area contributed by atoms with Gasteiger partial charge in [-0.05, 0) is 59.8 Å². The average Bonchev–Trinajstić information content (AvgIpc) is 3.08. The Morgan fingerprint density at radius 1 is 1.24 bits per heavy atom. The second kappa shape index (κ2) is 7.67. The summed E-state index contributed by atoms with van der Waals surface area (Å²) in [6.45, 7) is 1.54. The number of nitrogens with zero attached hydrogens (tertiary/aromatic N) is 4. The Hall–Kier alpha value is -2.38. The topological polar surface area (TPSA) is 69.9 Å². The van der Waals surface area contributed by atoms with Gasteiger partial charge in [0.2, 0.25) is 5.16 Å². The quantitative estimate of drug-likeness (QED) is 0.482. The third-order valence-electron chi connectivity index (χ3n) is 3.56. The number of methoxy groups -OCH3 is 1. The van der Waals surface area contributed by atoms with Gasteiger partial charge in [0, 0.05) is 21.9 Å². The number of Topliss-reactive ketones (excluding diaryl/α,β-unsaturated/α-hetero) is 1. The van der Waals surface area contributed by atoms with Crippen molar-refractivity contribution in [1.29, 1.82) is 0 Å². The average molecular weight is 375 g/mol. The SMILES string of the molecule is COc1ccc(C(C)=O)cc1CSc1nnnn1-c1ccc(Cl)cc1. The predicted octanol–water partition coefficient (Wildman–Crippen LogP) is 3.82. The van der Waals surface area contributed by atoms with E-state index in [1.807, 2.05) is 18.2 Å². The van der Waals surface area contributed by atoms with Gasteiger partial charge in [-0.1, -0.05) is 23.4 Å². The van der Waals surface area contributed by atoms with Crippen molar-refractivity contribution in [2.75, 3.05) is 7.11 Å². The maximum Gasteiger partial charge on any atom is 0.214 e. The maximum absolute atomic E-state index is 11.6. The first-order chi connectivity index (χ1) is 12.1. The maximum atomic E-state index is 11.6. The number of tetrazole rings is 1. The van der Waals surface area contributed by atoms with Crippen LogP contribution in [0.4, 0.5) is 0 Å². The smallest absolute Gasteiger partial charge is 0.214 e. The first-order valence-electron chi connectivity index (χ1n) is 7.43. The van der Waals surface area contributed by atoms with Crippen LogP contribution in [0.1, 0.15) is 22.8 Å². The molecule has 1 aromatic heterocycles. The fraction of sp³-hybridized carbons (Fsp3) is 0.176. The Bertz CT molecular complexity index is 896. The van der Waals surface area contributed by atoms with E-state index in [2.05, 4.69) is 15.5 Å². The largest absolute Gasteiger partial charge is 0.496 e. The Kier molecular flexibility index (Phi) is 5.35. The van der Waals surface area contributed by atoms with E-state index in [4.69, 9.17) is 16.3 Å². The van der Waals surface area contributed by atoms with Gasteiger partial charge in [-0.3, -0.25) is 4.79 Å². The summed E-state index contributed by atoms with van der Waals surface area (Å²) in [5, 5.41) is 13.1. The van der Waals surface area contributed by atoms with Crippen LogP contribution in [0.5, 0.6) is 5.75 Å². The number of carbonyl (C=O) groups excluding carboxylic acids is 1. The number of halogens is 1. The van der Waals surface area contributed by atoms with Crippen LogP contribution in [-0.4, -0.2) is 33.1 Å². The molecule has 0 bridgehead atoms. The fourth-order valence-electron chi connectivity index (χ4n) is 2.27. The van der Waals surface area contributed by atoms with Crippen LogP contribution >= 0.6 is 23.4 Å². The molecule has 0 aliphatic carbocycles. The Labute approximate surface area is 154 Å². The lowest BCUT2D eigenvalue weighted by molar-refractivity contribution is 0.101. The monoisotopic (exact) mass is 374 g/mol. The Morgan fingerprint density at radius 3 is 2.68 bits per heavy atom. The molecule has 2 aromatic carbocycles. The van der Waals surface area contributed by atoms with Gasteiger partial charge in [-0.2, -0.15) is 4.68 Å². The molecule has 0 aliphatic heterocycles. The van der Waals surface area contributed by atoms with Crippen molar-refractivity contribution in [3.8, 4) is 11.4 Å². The molecule has 0 fully saturated rings. The first kappa shape index (κ1) is 17.4. The molecule has 0 N–H and O–H groups in total. The van der Waals surface area contributed by atoms with Crippen molar-refractivity contribution in [2.45, 2.75) is 17.8 Å². The van der Waals surface area contributed by atoms with Gasteiger partial charge in [-0.15, -0.1) is 5.10 Å². The van der Waals surface area contributed by atoms with Crippen molar-refractivity contribution in [3.05, 3.63) is 58.6 Å². The summed E-state index contributed by atoms with van der Waals surface area (Å²) in [5.41, 5.74) is 2.38. The lowest BCUT2D eigenvalue weighted by Crippen LogP contribution is -2.00. The van der Waals surface area contributed by atoms with E-state index < -0.39 is 0 Å². The first-order valence-corrected chi connectivity index (χ1v) is 8.80. The fourth-order valence-corrected chi connectivity index (χ4v) is 3.26. The van der Waals surface area contributed by atoms with Gasteiger partial charge < -0.3 is 4.74 Å². The molecule has 0 unspecified atom stereocenters. The van der Waals surface area contributed by atoms with Crippen molar-refractivity contribution in [3.63, 3.8) is 0 Å². The third kappa shape index (κ3) is 4.00. The van der Waals surface area contributed by atoms with E-state index in [0.717, 1.165) is 17.0 Å². The number of ether oxygens (including phenoxy) is 1. The van der Waals surface area contributed by atoms with Crippen LogP contribution in [0.15, 0.2) is 47.6 Å². The van der Waals surface area contributed by atoms with E-state index in [-0.39, 0.29) is 5.78 Å². The molecule has 0 aliphatic rings. The van der Waals surface area contributed by atoms with Crippen molar-refractivity contribution in [1.82, 2.24) is 20.2 Å². The van der Waals surface area contributed by atoms with Crippen LogP contribution in [-0.2, 0) is 5.75 Å². The highest BCUT2D eigenvalue weighted by Gasteiger charge is 2.12. The number of aromatic nitrogens is 4. The summed E-state index contributed by atoms with van der Waals surface area (Å²) in [5.74, 6) is 1.31. The molecule has 6 nitrogen and oxygen atoms in total. The molecule has 25 heavy (non-hydrogen) atoms. The molecule has 1 heterocycles. The van der Waals surface area contributed by atoms with Gasteiger partial charge in [0.15, 0.2) is 5.78 Å². The molecule has 0 atom stereocenters. The molecule has 128 valence electrons. The van der Waals surface area contributed by atoms with E-state index in [1.165, 1.54) is 11.8 Å². The highest BCUT2D eigenvalue weighted by atomic mass is 35.5. The summed E-state index contributed by atoms with van der Waals surface area (Å²) < 4.78 is 7.02. The lowest BCUT2D eigenvalue weighted by atomic mass is 10.1. The Balaban J connectivity index is 1.83. The van der Waals surface area contributed by atoms with Crippen molar-refractivity contribution < 1.29 is 9.53 Å².